The molecule has 168 valence electrons. The molecule has 0 aromatic heterocycles. The van der Waals surface area contributed by atoms with E-state index in [2.05, 4.69) is 0 Å². The molecule has 0 N–H and O–H groups in total. The van der Waals surface area contributed by atoms with Crippen molar-refractivity contribution in [2.45, 2.75) is 27.2 Å². The molecule has 0 unspecified atom stereocenters. The van der Waals surface area contributed by atoms with E-state index >= 15 is 0 Å². The summed E-state index contributed by atoms with van der Waals surface area (Å²) >= 11 is 0. The van der Waals surface area contributed by atoms with Gasteiger partial charge in [-0.25, -0.2) is 14.4 Å². The fourth-order valence-corrected chi connectivity index (χ4v) is 2.67. The Hall–Kier alpha value is -3.94. The Morgan fingerprint density at radius 1 is 0.844 bits per heavy atom. The summed E-state index contributed by atoms with van der Waals surface area (Å²) in [6.45, 7) is 4.93. The Labute approximate surface area is 185 Å². The first-order valence-electron chi connectivity index (χ1n) is 9.97. The molecule has 0 radical (unpaired) electrons. The van der Waals surface area contributed by atoms with Gasteiger partial charge in [0.05, 0.1) is 13.2 Å². The van der Waals surface area contributed by atoms with Crippen LogP contribution >= 0.6 is 0 Å². The number of esters is 4. The van der Waals surface area contributed by atoms with Crippen molar-refractivity contribution in [2.75, 3.05) is 13.2 Å². The molecule has 0 bridgehead atoms. The van der Waals surface area contributed by atoms with Crippen molar-refractivity contribution >= 4 is 23.9 Å². The molecule has 2 rings (SSSR count). The molecule has 8 nitrogen and oxygen atoms in total. The van der Waals surface area contributed by atoms with Crippen LogP contribution in [0.1, 0.15) is 36.7 Å². The molecule has 0 saturated carbocycles. The highest BCUT2D eigenvalue weighted by atomic mass is 16.6. The molecule has 0 amide bonds. The van der Waals surface area contributed by atoms with Crippen LogP contribution < -0.4 is 9.47 Å². The second kappa shape index (κ2) is 12.0. The van der Waals surface area contributed by atoms with E-state index in [-0.39, 0.29) is 42.3 Å². The van der Waals surface area contributed by atoms with E-state index in [9.17, 15) is 19.2 Å². The molecule has 8 heteroatoms. The van der Waals surface area contributed by atoms with Crippen LogP contribution in [0.4, 0.5) is 0 Å². The molecule has 0 atom stereocenters. The van der Waals surface area contributed by atoms with E-state index in [1.807, 2.05) is 0 Å². The molecule has 2 aromatic carbocycles. The predicted molar refractivity (Wildman–Crippen MR) is 114 cm³/mol. The fraction of sp³-hybridized carbons (Fsp3) is 0.250. The minimum Gasteiger partial charge on any atom is -0.463 e. The standard InChI is InChI=1S/C24H24O8/c1-4-29-22(26)15-18(23(27)30-5-2)14-17-10-12-19(13-11-17)32-24(28)20-8-6-7-9-21(20)31-16(3)25/h6-13,15H,4-5,14H2,1-3H3/b18-15+. The summed E-state index contributed by atoms with van der Waals surface area (Å²) in [6.07, 6.45) is 1.24. The van der Waals surface area contributed by atoms with Crippen molar-refractivity contribution in [3.63, 3.8) is 0 Å². The minimum absolute atomic E-state index is 0.102. The zero-order chi connectivity index (χ0) is 23.5. The number of benzene rings is 2. The third-order valence-corrected chi connectivity index (χ3v) is 4.01. The minimum atomic E-state index is -0.691. The molecular formula is C24H24O8. The van der Waals surface area contributed by atoms with Crippen LogP contribution in [0.25, 0.3) is 0 Å². The monoisotopic (exact) mass is 440 g/mol. The van der Waals surface area contributed by atoms with Gasteiger partial charge in [0.1, 0.15) is 17.1 Å². The zero-order valence-corrected chi connectivity index (χ0v) is 18.1. The van der Waals surface area contributed by atoms with Gasteiger partial charge >= 0.3 is 23.9 Å². The van der Waals surface area contributed by atoms with Crippen LogP contribution in [0.5, 0.6) is 11.5 Å². The van der Waals surface area contributed by atoms with Crippen molar-refractivity contribution in [1.82, 2.24) is 0 Å². The average molecular weight is 440 g/mol. The number of rotatable bonds is 9. The van der Waals surface area contributed by atoms with Crippen LogP contribution in [-0.4, -0.2) is 37.1 Å². The first-order chi connectivity index (χ1) is 15.3. The van der Waals surface area contributed by atoms with E-state index in [1.54, 1.807) is 50.2 Å². The molecule has 2 aromatic rings. The average Bonchev–Trinajstić information content (AvgIpc) is 2.75. The van der Waals surface area contributed by atoms with E-state index in [1.165, 1.54) is 19.1 Å². The summed E-state index contributed by atoms with van der Waals surface area (Å²) in [5.41, 5.74) is 0.938. The quantitative estimate of drug-likeness (QED) is 0.332. The molecule has 0 heterocycles. The Balaban J connectivity index is 2.13. The largest absolute Gasteiger partial charge is 0.463 e. The van der Waals surface area contributed by atoms with Gasteiger partial charge in [0, 0.05) is 25.0 Å². The second-order valence-electron chi connectivity index (χ2n) is 6.44. The Kier molecular flexibility index (Phi) is 9.16. The molecule has 0 saturated heterocycles. The van der Waals surface area contributed by atoms with Gasteiger partial charge in [-0.15, -0.1) is 0 Å². The maximum Gasteiger partial charge on any atom is 0.347 e. The maximum absolute atomic E-state index is 12.5. The van der Waals surface area contributed by atoms with Gasteiger partial charge in [0.15, 0.2) is 0 Å². The van der Waals surface area contributed by atoms with Gasteiger partial charge in [0.25, 0.3) is 0 Å². The third-order valence-electron chi connectivity index (χ3n) is 4.01. The molecular weight excluding hydrogens is 416 g/mol. The number of para-hydroxylation sites is 1. The molecule has 0 aliphatic rings. The lowest BCUT2D eigenvalue weighted by molar-refractivity contribution is -0.141. The van der Waals surface area contributed by atoms with Crippen LogP contribution in [0, 0.1) is 0 Å². The number of hydrogen-bond donors (Lipinski definition) is 0. The number of ether oxygens (including phenoxy) is 4. The van der Waals surface area contributed by atoms with E-state index in [4.69, 9.17) is 18.9 Å². The van der Waals surface area contributed by atoms with Gasteiger partial charge in [-0.1, -0.05) is 24.3 Å². The summed E-state index contributed by atoms with van der Waals surface area (Å²) in [5, 5.41) is 0. The zero-order valence-electron chi connectivity index (χ0n) is 18.1. The van der Waals surface area contributed by atoms with Crippen molar-refractivity contribution in [2.24, 2.45) is 0 Å². The Morgan fingerprint density at radius 3 is 2.12 bits per heavy atom. The highest BCUT2D eigenvalue weighted by Crippen LogP contribution is 2.22. The smallest absolute Gasteiger partial charge is 0.347 e. The fourth-order valence-electron chi connectivity index (χ4n) is 2.67. The summed E-state index contributed by atoms with van der Waals surface area (Å²) < 4.78 is 20.2. The van der Waals surface area contributed by atoms with Gasteiger partial charge in [-0.2, -0.15) is 0 Å². The summed E-state index contributed by atoms with van der Waals surface area (Å²) in [4.78, 5) is 47.6. The first kappa shape index (κ1) is 24.3. The molecule has 0 aliphatic heterocycles. The molecule has 0 fully saturated rings. The topological polar surface area (TPSA) is 105 Å². The lowest BCUT2D eigenvalue weighted by Crippen LogP contribution is -2.13. The SMILES string of the molecule is CCOC(=O)/C=C(\Cc1ccc(OC(=O)c2ccccc2OC(C)=O)cc1)C(=O)OCC. The van der Waals surface area contributed by atoms with Crippen LogP contribution in [0.15, 0.2) is 60.2 Å². The van der Waals surface area contributed by atoms with Gasteiger partial charge in [-0.05, 0) is 43.7 Å². The van der Waals surface area contributed by atoms with Crippen LogP contribution in [0.2, 0.25) is 0 Å². The van der Waals surface area contributed by atoms with Crippen molar-refractivity contribution in [3.05, 3.63) is 71.3 Å². The summed E-state index contributed by atoms with van der Waals surface area (Å²) in [7, 11) is 0. The highest BCUT2D eigenvalue weighted by Gasteiger charge is 2.17. The van der Waals surface area contributed by atoms with Gasteiger partial charge in [0.2, 0.25) is 0 Å². The molecule has 32 heavy (non-hydrogen) atoms. The summed E-state index contributed by atoms with van der Waals surface area (Å²) in [6, 6.07) is 12.6. The number of hydrogen-bond acceptors (Lipinski definition) is 8. The number of carbonyl (C=O) groups is 4. The van der Waals surface area contributed by atoms with Crippen LogP contribution in [0.3, 0.4) is 0 Å². The molecule has 0 spiro atoms. The Bertz CT molecular complexity index is 1000. The highest BCUT2D eigenvalue weighted by molar-refractivity contribution is 5.97. The van der Waals surface area contributed by atoms with Gasteiger partial charge < -0.3 is 18.9 Å². The predicted octanol–water partition coefficient (Wildman–Crippen LogP) is 3.43. The first-order valence-corrected chi connectivity index (χ1v) is 9.97. The van der Waals surface area contributed by atoms with E-state index < -0.39 is 23.9 Å². The second-order valence-corrected chi connectivity index (χ2v) is 6.44. The number of carbonyl (C=O) groups excluding carboxylic acids is 4. The summed E-state index contributed by atoms with van der Waals surface area (Å²) in [5.74, 6) is -2.13. The van der Waals surface area contributed by atoms with E-state index in [0.29, 0.717) is 5.56 Å². The third kappa shape index (κ3) is 7.39. The van der Waals surface area contributed by atoms with Crippen molar-refractivity contribution in [1.29, 1.82) is 0 Å². The van der Waals surface area contributed by atoms with Crippen molar-refractivity contribution < 1.29 is 38.1 Å². The molecule has 0 aliphatic carbocycles. The normalized spacial score (nSPS) is 10.8. The van der Waals surface area contributed by atoms with E-state index in [0.717, 1.165) is 6.08 Å². The lowest BCUT2D eigenvalue weighted by atomic mass is 10.0. The van der Waals surface area contributed by atoms with Gasteiger partial charge in [-0.3, -0.25) is 4.79 Å². The Morgan fingerprint density at radius 2 is 1.50 bits per heavy atom. The van der Waals surface area contributed by atoms with Crippen LogP contribution in [-0.2, 0) is 30.3 Å². The van der Waals surface area contributed by atoms with Crippen molar-refractivity contribution in [3.8, 4) is 11.5 Å². The maximum atomic E-state index is 12.5. The lowest BCUT2D eigenvalue weighted by Gasteiger charge is -2.10.